The Balaban J connectivity index is 2.84. The van der Waals surface area contributed by atoms with Crippen molar-refractivity contribution in [3.05, 3.63) is 23.9 Å². The Morgan fingerprint density at radius 2 is 2.12 bits per heavy atom. The van der Waals surface area contributed by atoms with E-state index in [4.69, 9.17) is 14.6 Å². The summed E-state index contributed by atoms with van der Waals surface area (Å²) in [5.41, 5.74) is 0.813. The van der Waals surface area contributed by atoms with Gasteiger partial charge < -0.3 is 19.6 Å². The van der Waals surface area contributed by atoms with Gasteiger partial charge in [-0.15, -0.1) is 0 Å². The Morgan fingerprint density at radius 3 is 2.69 bits per heavy atom. The number of methoxy groups -OCH3 is 2. The first-order chi connectivity index (χ1) is 7.69. The minimum absolute atomic E-state index is 0.189. The highest BCUT2D eigenvalue weighted by atomic mass is 16.5. The number of ether oxygens (including phenoxy) is 2. The van der Waals surface area contributed by atoms with E-state index in [0.29, 0.717) is 22.4 Å². The Bertz CT molecular complexity index is 544. The highest BCUT2D eigenvalue weighted by molar-refractivity contribution is 6.05. The number of nitrogens with one attached hydrogen (secondary N) is 1. The number of aromatic nitrogens is 1. The maximum atomic E-state index is 11.1. The molecular weight excluding hydrogens is 210 g/mol. The van der Waals surface area contributed by atoms with Gasteiger partial charge >= 0.3 is 5.97 Å². The van der Waals surface area contributed by atoms with E-state index in [-0.39, 0.29) is 5.56 Å². The Kier molecular flexibility index (Phi) is 2.44. The van der Waals surface area contributed by atoms with Gasteiger partial charge in [-0.25, -0.2) is 4.79 Å². The molecule has 0 amide bonds. The van der Waals surface area contributed by atoms with Gasteiger partial charge in [0.05, 0.1) is 25.3 Å². The zero-order chi connectivity index (χ0) is 11.7. The summed E-state index contributed by atoms with van der Waals surface area (Å²) in [6.07, 6.45) is 1.67. The smallest absolute Gasteiger partial charge is 0.336 e. The molecule has 2 aromatic rings. The van der Waals surface area contributed by atoms with E-state index < -0.39 is 5.97 Å². The normalized spacial score (nSPS) is 10.4. The van der Waals surface area contributed by atoms with E-state index in [0.717, 1.165) is 0 Å². The maximum absolute atomic E-state index is 11.1. The van der Waals surface area contributed by atoms with Crippen LogP contribution in [-0.2, 0) is 0 Å². The fourth-order valence-corrected chi connectivity index (χ4v) is 1.71. The number of hydrogen-bond acceptors (Lipinski definition) is 3. The van der Waals surface area contributed by atoms with Crippen LogP contribution in [0.3, 0.4) is 0 Å². The first kappa shape index (κ1) is 10.4. The van der Waals surface area contributed by atoms with Crippen molar-refractivity contribution in [2.24, 2.45) is 0 Å². The van der Waals surface area contributed by atoms with Crippen LogP contribution in [0.4, 0.5) is 0 Å². The third-order valence-electron chi connectivity index (χ3n) is 2.42. The highest BCUT2D eigenvalue weighted by Gasteiger charge is 2.17. The molecule has 1 heterocycles. The molecule has 1 aromatic heterocycles. The van der Waals surface area contributed by atoms with Crippen LogP contribution in [0.25, 0.3) is 10.9 Å². The van der Waals surface area contributed by atoms with Crippen molar-refractivity contribution < 1.29 is 19.4 Å². The molecule has 0 radical (unpaired) electrons. The molecule has 0 aliphatic rings. The Labute approximate surface area is 91.6 Å². The van der Waals surface area contributed by atoms with Crippen LogP contribution in [0, 0.1) is 0 Å². The number of H-pyrrole nitrogens is 1. The van der Waals surface area contributed by atoms with Crippen molar-refractivity contribution in [1.29, 1.82) is 0 Å². The largest absolute Gasteiger partial charge is 0.493 e. The van der Waals surface area contributed by atoms with Gasteiger partial charge in [0.15, 0.2) is 11.5 Å². The monoisotopic (exact) mass is 221 g/mol. The second-order valence-electron chi connectivity index (χ2n) is 3.23. The minimum atomic E-state index is -0.995. The predicted octanol–water partition coefficient (Wildman–Crippen LogP) is 1.88. The lowest BCUT2D eigenvalue weighted by Gasteiger charge is -2.10. The number of carboxylic acid groups (broad SMARTS) is 1. The van der Waals surface area contributed by atoms with Gasteiger partial charge in [-0.05, 0) is 12.1 Å². The molecule has 0 saturated carbocycles. The molecule has 2 rings (SSSR count). The van der Waals surface area contributed by atoms with E-state index >= 15 is 0 Å². The average molecular weight is 221 g/mol. The van der Waals surface area contributed by atoms with E-state index in [1.165, 1.54) is 20.3 Å². The third kappa shape index (κ3) is 1.37. The van der Waals surface area contributed by atoms with E-state index in [2.05, 4.69) is 4.98 Å². The molecule has 0 aliphatic heterocycles. The molecule has 0 fully saturated rings. The first-order valence-electron chi connectivity index (χ1n) is 4.64. The number of aromatic amines is 1. The number of aromatic carboxylic acids is 1. The molecule has 0 unspecified atom stereocenters. The van der Waals surface area contributed by atoms with Gasteiger partial charge in [-0.2, -0.15) is 0 Å². The summed E-state index contributed by atoms with van der Waals surface area (Å²) in [6, 6.07) is 3.15. The molecular formula is C11H11NO4. The topological polar surface area (TPSA) is 71.5 Å². The highest BCUT2D eigenvalue weighted by Crippen LogP contribution is 2.36. The zero-order valence-corrected chi connectivity index (χ0v) is 8.90. The number of fused-ring (bicyclic) bond motifs is 1. The molecule has 0 bridgehead atoms. The standard InChI is InChI=1S/C11H11NO4/c1-15-8-5-7(11(13)14)6-3-4-12-9(6)10(8)16-2/h3-5,12H,1-2H3,(H,13,14). The number of hydrogen-bond donors (Lipinski definition) is 2. The van der Waals surface area contributed by atoms with Crippen LogP contribution in [-0.4, -0.2) is 30.3 Å². The van der Waals surface area contributed by atoms with Gasteiger partial charge in [0.25, 0.3) is 0 Å². The van der Waals surface area contributed by atoms with Gasteiger partial charge in [0, 0.05) is 11.6 Å². The SMILES string of the molecule is COc1cc(C(=O)O)c2cc[nH]c2c1OC. The van der Waals surface area contributed by atoms with Crippen LogP contribution in [0.15, 0.2) is 18.3 Å². The lowest BCUT2D eigenvalue weighted by atomic mass is 10.1. The van der Waals surface area contributed by atoms with Crippen LogP contribution < -0.4 is 9.47 Å². The fraction of sp³-hybridized carbons (Fsp3) is 0.182. The molecule has 2 N–H and O–H groups in total. The van der Waals surface area contributed by atoms with Crippen molar-refractivity contribution in [2.45, 2.75) is 0 Å². The number of carbonyl (C=O) groups is 1. The van der Waals surface area contributed by atoms with Crippen LogP contribution >= 0.6 is 0 Å². The second-order valence-corrected chi connectivity index (χ2v) is 3.23. The number of benzene rings is 1. The fourth-order valence-electron chi connectivity index (χ4n) is 1.71. The van der Waals surface area contributed by atoms with Crippen LogP contribution in [0.2, 0.25) is 0 Å². The summed E-state index contributed by atoms with van der Waals surface area (Å²) in [4.78, 5) is 14.0. The van der Waals surface area contributed by atoms with Crippen molar-refractivity contribution >= 4 is 16.9 Å². The van der Waals surface area contributed by atoms with Crippen molar-refractivity contribution in [3.63, 3.8) is 0 Å². The van der Waals surface area contributed by atoms with Gasteiger partial charge in [-0.1, -0.05) is 0 Å². The minimum Gasteiger partial charge on any atom is -0.493 e. The summed E-state index contributed by atoms with van der Waals surface area (Å²) in [7, 11) is 2.98. The predicted molar refractivity (Wildman–Crippen MR) is 58.4 cm³/mol. The lowest BCUT2D eigenvalue weighted by Crippen LogP contribution is -2.00. The van der Waals surface area contributed by atoms with Crippen molar-refractivity contribution in [2.75, 3.05) is 14.2 Å². The molecule has 16 heavy (non-hydrogen) atoms. The molecule has 84 valence electrons. The van der Waals surface area contributed by atoms with E-state index in [1.54, 1.807) is 12.3 Å². The zero-order valence-electron chi connectivity index (χ0n) is 8.90. The number of rotatable bonds is 3. The molecule has 0 aliphatic carbocycles. The van der Waals surface area contributed by atoms with E-state index in [9.17, 15) is 4.79 Å². The second kappa shape index (κ2) is 3.77. The third-order valence-corrected chi connectivity index (χ3v) is 2.42. The number of carboxylic acids is 1. The lowest BCUT2D eigenvalue weighted by molar-refractivity contribution is 0.0698. The summed E-state index contributed by atoms with van der Waals surface area (Å²) in [5, 5.41) is 9.68. The first-order valence-corrected chi connectivity index (χ1v) is 4.64. The molecule has 1 aromatic carbocycles. The molecule has 5 nitrogen and oxygen atoms in total. The molecule has 5 heteroatoms. The average Bonchev–Trinajstić information content (AvgIpc) is 2.74. The van der Waals surface area contributed by atoms with Gasteiger partial charge in [0.1, 0.15) is 0 Å². The molecule has 0 atom stereocenters. The van der Waals surface area contributed by atoms with Gasteiger partial charge in [-0.3, -0.25) is 0 Å². The maximum Gasteiger partial charge on any atom is 0.336 e. The summed E-state index contributed by atoms with van der Waals surface area (Å²) >= 11 is 0. The van der Waals surface area contributed by atoms with E-state index in [1.807, 2.05) is 0 Å². The molecule has 0 spiro atoms. The quantitative estimate of drug-likeness (QED) is 0.830. The van der Waals surface area contributed by atoms with Crippen LogP contribution in [0.1, 0.15) is 10.4 Å². The summed E-state index contributed by atoms with van der Waals surface area (Å²) in [5.74, 6) is -0.0899. The Morgan fingerprint density at radius 1 is 1.38 bits per heavy atom. The van der Waals surface area contributed by atoms with Gasteiger partial charge in [0.2, 0.25) is 0 Å². The molecule has 0 saturated heterocycles. The summed E-state index contributed by atoms with van der Waals surface area (Å²) < 4.78 is 10.3. The van der Waals surface area contributed by atoms with Crippen molar-refractivity contribution in [3.8, 4) is 11.5 Å². The summed E-state index contributed by atoms with van der Waals surface area (Å²) in [6.45, 7) is 0. The van der Waals surface area contributed by atoms with Crippen molar-refractivity contribution in [1.82, 2.24) is 4.98 Å². The Hall–Kier alpha value is -2.17. The van der Waals surface area contributed by atoms with Crippen LogP contribution in [0.5, 0.6) is 11.5 Å².